The van der Waals surface area contributed by atoms with Crippen LogP contribution >= 0.6 is 11.6 Å². The lowest BCUT2D eigenvalue weighted by molar-refractivity contribution is -0.129. The molecule has 1 aliphatic rings. The first-order valence-corrected chi connectivity index (χ1v) is 11.7. The van der Waals surface area contributed by atoms with E-state index in [4.69, 9.17) is 21.1 Å². The van der Waals surface area contributed by atoms with Crippen molar-refractivity contribution >= 4 is 29.5 Å². The molecule has 1 aliphatic heterocycles. The zero-order chi connectivity index (χ0) is 22.8. The number of unbranched alkanes of at least 4 members (excludes halogenated alkanes) is 7. The Kier molecular flexibility index (Phi) is 9.17. The predicted octanol–water partition coefficient (Wildman–Crippen LogP) is 6.91. The fourth-order valence-corrected chi connectivity index (χ4v) is 3.62. The van der Waals surface area contributed by atoms with E-state index < -0.39 is 5.97 Å². The number of aromatic hydroxyl groups is 1. The van der Waals surface area contributed by atoms with Crippen molar-refractivity contribution in [1.82, 2.24) is 0 Å². The maximum Gasteiger partial charge on any atom is 0.363 e. The molecule has 6 heteroatoms. The van der Waals surface area contributed by atoms with Crippen molar-refractivity contribution in [3.05, 3.63) is 64.3 Å². The first kappa shape index (κ1) is 23.9. The van der Waals surface area contributed by atoms with Gasteiger partial charge in [-0.25, -0.2) is 9.79 Å². The van der Waals surface area contributed by atoms with E-state index in [1.165, 1.54) is 57.1 Å². The van der Waals surface area contributed by atoms with Gasteiger partial charge in [-0.2, -0.15) is 0 Å². The number of esters is 1. The minimum atomic E-state index is -0.575. The van der Waals surface area contributed by atoms with Crippen LogP contribution < -0.4 is 4.74 Å². The SMILES string of the molecule is CCCCCCCCCCOc1ccc(C2=NC(=Cc3cc(Cl)ccc3O)C(=O)O2)cc1. The Morgan fingerprint density at radius 2 is 1.69 bits per heavy atom. The largest absolute Gasteiger partial charge is 0.507 e. The zero-order valence-electron chi connectivity index (χ0n) is 18.5. The molecule has 1 heterocycles. The molecule has 0 aliphatic carbocycles. The second-order valence-corrected chi connectivity index (χ2v) is 8.32. The summed E-state index contributed by atoms with van der Waals surface area (Å²) in [5.41, 5.74) is 1.18. The lowest BCUT2D eigenvalue weighted by Gasteiger charge is -2.07. The van der Waals surface area contributed by atoms with Gasteiger partial charge >= 0.3 is 5.97 Å². The fourth-order valence-electron chi connectivity index (χ4n) is 3.44. The number of halogens is 1. The van der Waals surface area contributed by atoms with Crippen LogP contribution in [0.3, 0.4) is 0 Å². The quantitative estimate of drug-likeness (QED) is 0.214. The highest BCUT2D eigenvalue weighted by molar-refractivity contribution is 6.30. The van der Waals surface area contributed by atoms with E-state index >= 15 is 0 Å². The molecule has 0 aromatic heterocycles. The van der Waals surface area contributed by atoms with Crippen molar-refractivity contribution in [2.24, 2.45) is 4.99 Å². The van der Waals surface area contributed by atoms with Crippen LogP contribution in [0.15, 0.2) is 53.2 Å². The average molecular weight is 456 g/mol. The summed E-state index contributed by atoms with van der Waals surface area (Å²) in [7, 11) is 0. The van der Waals surface area contributed by atoms with Crippen molar-refractivity contribution in [2.75, 3.05) is 6.61 Å². The lowest BCUT2D eigenvalue weighted by atomic mass is 10.1. The van der Waals surface area contributed by atoms with E-state index in [1.807, 2.05) is 24.3 Å². The molecule has 0 fully saturated rings. The van der Waals surface area contributed by atoms with Crippen LogP contribution in [-0.4, -0.2) is 23.6 Å². The highest BCUT2D eigenvalue weighted by atomic mass is 35.5. The molecular formula is C26H30ClNO4. The summed E-state index contributed by atoms with van der Waals surface area (Å²) in [6.07, 6.45) is 11.6. The van der Waals surface area contributed by atoms with Crippen LogP contribution in [0.5, 0.6) is 11.5 Å². The van der Waals surface area contributed by atoms with Crippen molar-refractivity contribution in [2.45, 2.75) is 58.3 Å². The fraction of sp³-hybridized carbons (Fsp3) is 0.385. The Labute approximate surface area is 194 Å². The number of hydrogen-bond acceptors (Lipinski definition) is 5. The summed E-state index contributed by atoms with van der Waals surface area (Å²) >= 11 is 5.96. The topological polar surface area (TPSA) is 68.1 Å². The summed E-state index contributed by atoms with van der Waals surface area (Å²) in [4.78, 5) is 16.5. The molecule has 170 valence electrons. The number of nitrogens with zero attached hydrogens (tertiary/aromatic N) is 1. The standard InChI is InChI=1S/C26H30ClNO4/c1-2-3-4-5-6-7-8-9-16-31-22-13-10-19(11-14-22)25-28-23(26(30)32-25)18-20-17-21(27)12-15-24(20)29/h10-15,17-18,29H,2-9,16H2,1H3. The third-order valence-electron chi connectivity index (χ3n) is 5.27. The van der Waals surface area contributed by atoms with Crippen molar-refractivity contribution < 1.29 is 19.4 Å². The number of aliphatic imine (C=N–C) groups is 1. The number of benzene rings is 2. The normalized spacial score (nSPS) is 14.5. The van der Waals surface area contributed by atoms with Crippen molar-refractivity contribution in [3.63, 3.8) is 0 Å². The molecule has 3 rings (SSSR count). The maximum absolute atomic E-state index is 12.2. The molecule has 0 unspecified atom stereocenters. The average Bonchev–Trinajstić information content (AvgIpc) is 3.15. The van der Waals surface area contributed by atoms with E-state index in [2.05, 4.69) is 11.9 Å². The number of hydrogen-bond donors (Lipinski definition) is 1. The molecule has 0 saturated carbocycles. The van der Waals surface area contributed by atoms with Gasteiger partial charge in [-0.05, 0) is 55.0 Å². The number of ether oxygens (including phenoxy) is 2. The smallest absolute Gasteiger partial charge is 0.363 e. The Morgan fingerprint density at radius 3 is 2.41 bits per heavy atom. The predicted molar refractivity (Wildman–Crippen MR) is 128 cm³/mol. The summed E-state index contributed by atoms with van der Waals surface area (Å²) in [5, 5.41) is 10.4. The van der Waals surface area contributed by atoms with Crippen LogP contribution in [0, 0.1) is 0 Å². The van der Waals surface area contributed by atoms with Gasteiger partial charge in [-0.1, -0.05) is 63.5 Å². The third-order valence-corrected chi connectivity index (χ3v) is 5.51. The van der Waals surface area contributed by atoms with Gasteiger partial charge in [0, 0.05) is 16.1 Å². The molecule has 0 spiro atoms. The van der Waals surface area contributed by atoms with Crippen LogP contribution in [0.25, 0.3) is 6.08 Å². The van der Waals surface area contributed by atoms with Gasteiger partial charge in [-0.15, -0.1) is 0 Å². The van der Waals surface area contributed by atoms with Crippen molar-refractivity contribution in [3.8, 4) is 11.5 Å². The second kappa shape index (κ2) is 12.3. The molecule has 0 saturated heterocycles. The maximum atomic E-state index is 12.2. The van der Waals surface area contributed by atoms with Gasteiger partial charge in [0.15, 0.2) is 5.70 Å². The lowest BCUT2D eigenvalue weighted by Crippen LogP contribution is -2.05. The molecule has 0 amide bonds. The van der Waals surface area contributed by atoms with Gasteiger partial charge in [0.2, 0.25) is 5.90 Å². The van der Waals surface area contributed by atoms with Gasteiger partial charge < -0.3 is 14.6 Å². The van der Waals surface area contributed by atoms with Gasteiger partial charge in [-0.3, -0.25) is 0 Å². The first-order chi connectivity index (χ1) is 15.6. The minimum Gasteiger partial charge on any atom is -0.507 e. The van der Waals surface area contributed by atoms with Gasteiger partial charge in [0.25, 0.3) is 0 Å². The van der Waals surface area contributed by atoms with E-state index in [1.54, 1.807) is 12.1 Å². The van der Waals surface area contributed by atoms with Crippen LogP contribution in [0.4, 0.5) is 0 Å². The van der Waals surface area contributed by atoms with Crippen LogP contribution in [0.1, 0.15) is 69.4 Å². The minimum absolute atomic E-state index is 0.0105. The zero-order valence-corrected chi connectivity index (χ0v) is 19.2. The number of cyclic esters (lactones) is 1. The van der Waals surface area contributed by atoms with Crippen LogP contribution in [0.2, 0.25) is 5.02 Å². The number of carbonyl (C=O) groups excluding carboxylic acids is 1. The Bertz CT molecular complexity index is 966. The monoisotopic (exact) mass is 455 g/mol. The summed E-state index contributed by atoms with van der Waals surface area (Å²) in [5.74, 6) is 0.435. The molecule has 0 atom stereocenters. The van der Waals surface area contributed by atoms with Gasteiger partial charge in [0.1, 0.15) is 11.5 Å². The molecule has 5 nitrogen and oxygen atoms in total. The number of phenolic OH excluding ortho intramolecular Hbond substituents is 1. The number of phenols is 1. The van der Waals surface area contributed by atoms with Crippen molar-refractivity contribution in [1.29, 1.82) is 0 Å². The number of rotatable bonds is 12. The molecular weight excluding hydrogens is 426 g/mol. The van der Waals surface area contributed by atoms with E-state index in [0.29, 0.717) is 22.8 Å². The summed E-state index contributed by atoms with van der Waals surface area (Å²) < 4.78 is 11.1. The Morgan fingerprint density at radius 1 is 1.00 bits per heavy atom. The second-order valence-electron chi connectivity index (χ2n) is 7.89. The molecule has 1 N–H and O–H groups in total. The Hall–Kier alpha value is -2.79. The highest BCUT2D eigenvalue weighted by Crippen LogP contribution is 2.27. The highest BCUT2D eigenvalue weighted by Gasteiger charge is 2.24. The number of carbonyl (C=O) groups is 1. The first-order valence-electron chi connectivity index (χ1n) is 11.3. The van der Waals surface area contributed by atoms with E-state index in [0.717, 1.165) is 12.2 Å². The molecule has 2 aromatic carbocycles. The molecule has 0 bridgehead atoms. The van der Waals surface area contributed by atoms with Crippen LogP contribution in [-0.2, 0) is 9.53 Å². The summed E-state index contributed by atoms with van der Waals surface area (Å²) in [6, 6.07) is 11.9. The van der Waals surface area contributed by atoms with Gasteiger partial charge in [0.05, 0.1) is 6.61 Å². The molecule has 32 heavy (non-hydrogen) atoms. The molecule has 2 aromatic rings. The Balaban J connectivity index is 1.49. The van der Waals surface area contributed by atoms with E-state index in [-0.39, 0.29) is 17.3 Å². The molecule has 0 radical (unpaired) electrons. The summed E-state index contributed by atoms with van der Waals surface area (Å²) in [6.45, 7) is 2.93. The van der Waals surface area contributed by atoms with E-state index in [9.17, 15) is 9.90 Å². The third kappa shape index (κ3) is 7.13.